The summed E-state index contributed by atoms with van der Waals surface area (Å²) in [5, 5.41) is 4.83. The number of hydrogen-bond donors (Lipinski definition) is 1. The van der Waals surface area contributed by atoms with Gasteiger partial charge >= 0.3 is 0 Å². The molecule has 2 rings (SSSR count). The minimum Gasteiger partial charge on any atom is -0.319 e. The Morgan fingerprint density at radius 1 is 1.50 bits per heavy atom. The van der Waals surface area contributed by atoms with Gasteiger partial charge in [0.05, 0.1) is 23.0 Å². The molecule has 1 aromatic heterocycles. The van der Waals surface area contributed by atoms with E-state index in [0.717, 1.165) is 27.8 Å². The maximum absolute atomic E-state index is 6.33. The third-order valence-electron chi connectivity index (χ3n) is 2.98. The molecule has 0 spiro atoms. The van der Waals surface area contributed by atoms with Gasteiger partial charge in [-0.15, -0.1) is 0 Å². The molecule has 0 bridgehead atoms. The Morgan fingerprint density at radius 3 is 2.89 bits per heavy atom. The lowest BCUT2D eigenvalue weighted by atomic mass is 10.0. The molecule has 96 valence electrons. The lowest BCUT2D eigenvalue weighted by Gasteiger charge is -2.17. The van der Waals surface area contributed by atoms with E-state index >= 15 is 0 Å². The van der Waals surface area contributed by atoms with Gasteiger partial charge in [-0.2, -0.15) is 5.10 Å². The van der Waals surface area contributed by atoms with Gasteiger partial charge in [-0.3, -0.25) is 4.68 Å². The van der Waals surface area contributed by atoms with Crippen LogP contribution in [0.25, 0.3) is 0 Å². The molecule has 1 aromatic carbocycles. The van der Waals surface area contributed by atoms with Crippen LogP contribution >= 0.6 is 27.5 Å². The van der Waals surface area contributed by atoms with E-state index in [2.05, 4.69) is 21.0 Å². The molecule has 3 nitrogen and oxygen atoms in total. The number of aromatic nitrogens is 2. The average molecular weight is 329 g/mol. The van der Waals surface area contributed by atoms with Gasteiger partial charge < -0.3 is 5.73 Å². The first-order valence-electron chi connectivity index (χ1n) is 5.78. The lowest BCUT2D eigenvalue weighted by molar-refractivity contribution is 0.600. The zero-order valence-electron chi connectivity index (χ0n) is 10.3. The van der Waals surface area contributed by atoms with E-state index in [0.29, 0.717) is 5.02 Å². The molecule has 18 heavy (non-hydrogen) atoms. The second kappa shape index (κ2) is 5.43. The fourth-order valence-corrected chi connectivity index (χ4v) is 2.76. The Kier molecular flexibility index (Phi) is 4.10. The number of aryl methyl sites for hydroxylation is 2. The van der Waals surface area contributed by atoms with Crippen molar-refractivity contribution in [3.8, 4) is 0 Å². The predicted molar refractivity (Wildman–Crippen MR) is 77.8 cm³/mol. The van der Waals surface area contributed by atoms with Crippen molar-refractivity contribution < 1.29 is 0 Å². The Morgan fingerprint density at radius 2 is 2.22 bits per heavy atom. The highest BCUT2D eigenvalue weighted by Gasteiger charge is 2.20. The lowest BCUT2D eigenvalue weighted by Crippen LogP contribution is -2.18. The number of halogens is 2. The average Bonchev–Trinajstić information content (AvgIpc) is 2.73. The van der Waals surface area contributed by atoms with Crippen molar-refractivity contribution in [2.24, 2.45) is 5.73 Å². The van der Waals surface area contributed by atoms with E-state index < -0.39 is 0 Å². The number of rotatable bonds is 3. The van der Waals surface area contributed by atoms with E-state index in [1.807, 2.05) is 36.7 Å². The van der Waals surface area contributed by atoms with Crippen molar-refractivity contribution in [2.75, 3.05) is 0 Å². The molecule has 0 aliphatic rings. The third kappa shape index (κ3) is 2.32. The summed E-state index contributed by atoms with van der Waals surface area (Å²) in [6.07, 6.45) is 1.64. The molecule has 2 aromatic rings. The Bertz CT molecular complexity index is 565. The second-order valence-electron chi connectivity index (χ2n) is 4.15. The molecule has 5 heteroatoms. The highest BCUT2D eigenvalue weighted by Crippen LogP contribution is 2.32. The van der Waals surface area contributed by atoms with Gasteiger partial charge in [0, 0.05) is 11.0 Å². The van der Waals surface area contributed by atoms with E-state index in [9.17, 15) is 0 Å². The Labute approximate surface area is 120 Å². The van der Waals surface area contributed by atoms with E-state index in [1.165, 1.54) is 0 Å². The van der Waals surface area contributed by atoms with Gasteiger partial charge in [-0.1, -0.05) is 45.7 Å². The number of hydrogen-bond acceptors (Lipinski definition) is 2. The van der Waals surface area contributed by atoms with Gasteiger partial charge in [0.15, 0.2) is 0 Å². The summed E-state index contributed by atoms with van der Waals surface area (Å²) < 4.78 is 2.86. The normalized spacial score (nSPS) is 12.7. The van der Waals surface area contributed by atoms with Crippen molar-refractivity contribution in [2.45, 2.75) is 26.4 Å². The Balaban J connectivity index is 2.51. The van der Waals surface area contributed by atoms with Gasteiger partial charge in [-0.25, -0.2) is 0 Å². The first-order chi connectivity index (χ1) is 8.56. The van der Waals surface area contributed by atoms with Gasteiger partial charge in [0.25, 0.3) is 0 Å². The summed E-state index contributed by atoms with van der Waals surface area (Å²) in [5.74, 6) is 0. The fraction of sp³-hybridized carbons (Fsp3) is 0.308. The highest BCUT2D eigenvalue weighted by atomic mass is 79.9. The molecule has 2 N–H and O–H groups in total. The largest absolute Gasteiger partial charge is 0.319 e. The summed E-state index contributed by atoms with van der Waals surface area (Å²) in [7, 11) is 0. The van der Waals surface area contributed by atoms with Crippen molar-refractivity contribution in [1.29, 1.82) is 0 Å². The van der Waals surface area contributed by atoms with Crippen molar-refractivity contribution in [3.63, 3.8) is 0 Å². The van der Waals surface area contributed by atoms with Gasteiger partial charge in [-0.05, 0) is 25.0 Å². The van der Waals surface area contributed by atoms with E-state index in [-0.39, 0.29) is 6.04 Å². The predicted octanol–water partition coefficient (Wildman–Crippen LogP) is 3.68. The molecule has 0 aliphatic carbocycles. The summed E-state index contributed by atoms with van der Waals surface area (Å²) in [6, 6.07) is 5.76. The van der Waals surface area contributed by atoms with Crippen molar-refractivity contribution >= 4 is 27.5 Å². The van der Waals surface area contributed by atoms with Crippen LogP contribution in [-0.2, 0) is 6.54 Å². The van der Waals surface area contributed by atoms with Crippen LogP contribution in [-0.4, -0.2) is 9.78 Å². The van der Waals surface area contributed by atoms with Crippen LogP contribution in [0.3, 0.4) is 0 Å². The van der Waals surface area contributed by atoms with Crippen LogP contribution in [0.15, 0.2) is 28.9 Å². The minimum absolute atomic E-state index is 0.283. The van der Waals surface area contributed by atoms with Crippen LogP contribution in [0.4, 0.5) is 0 Å². The third-order valence-corrected chi connectivity index (χ3v) is 4.36. The van der Waals surface area contributed by atoms with Crippen LogP contribution in [0.5, 0.6) is 0 Å². The molecule has 1 unspecified atom stereocenters. The molecule has 0 aliphatic heterocycles. The standard InChI is InChI=1S/C13H15BrClN3/c1-3-18-13(10(15)7-17-18)12(16)9-6-4-5-8(2)11(9)14/h4-7,12H,3,16H2,1-2H3. The molecular formula is C13H15BrClN3. The van der Waals surface area contributed by atoms with Gasteiger partial charge in [0.2, 0.25) is 0 Å². The van der Waals surface area contributed by atoms with Crippen LogP contribution in [0.2, 0.25) is 5.02 Å². The molecular weight excluding hydrogens is 314 g/mol. The molecule has 0 saturated heterocycles. The zero-order valence-corrected chi connectivity index (χ0v) is 12.7. The minimum atomic E-state index is -0.283. The smallest absolute Gasteiger partial charge is 0.0837 e. The summed E-state index contributed by atoms with van der Waals surface area (Å²) in [6.45, 7) is 4.81. The van der Waals surface area contributed by atoms with Crippen molar-refractivity contribution in [1.82, 2.24) is 9.78 Å². The second-order valence-corrected chi connectivity index (χ2v) is 5.35. The van der Waals surface area contributed by atoms with E-state index in [1.54, 1.807) is 6.20 Å². The van der Waals surface area contributed by atoms with Crippen LogP contribution < -0.4 is 5.73 Å². The zero-order chi connectivity index (χ0) is 13.3. The maximum Gasteiger partial charge on any atom is 0.0837 e. The molecule has 0 saturated carbocycles. The molecule has 0 amide bonds. The van der Waals surface area contributed by atoms with Gasteiger partial charge in [0.1, 0.15) is 0 Å². The SMILES string of the molecule is CCn1ncc(Cl)c1C(N)c1cccc(C)c1Br. The first-order valence-corrected chi connectivity index (χ1v) is 6.95. The summed E-state index contributed by atoms with van der Waals surface area (Å²) in [4.78, 5) is 0. The fourth-order valence-electron chi connectivity index (χ4n) is 1.99. The first kappa shape index (κ1) is 13.6. The number of nitrogens with two attached hydrogens (primary N) is 1. The highest BCUT2D eigenvalue weighted by molar-refractivity contribution is 9.10. The summed E-state index contributed by atoms with van der Waals surface area (Å²) >= 11 is 9.77. The van der Waals surface area contributed by atoms with Crippen molar-refractivity contribution in [3.05, 3.63) is 50.7 Å². The summed E-state index contributed by atoms with van der Waals surface area (Å²) in [5.41, 5.74) is 9.36. The monoisotopic (exact) mass is 327 g/mol. The number of benzene rings is 1. The number of nitrogens with zero attached hydrogens (tertiary/aromatic N) is 2. The molecule has 0 radical (unpaired) electrons. The van der Waals surface area contributed by atoms with E-state index in [4.69, 9.17) is 17.3 Å². The van der Waals surface area contributed by atoms with Crippen LogP contribution in [0, 0.1) is 6.92 Å². The molecule has 1 heterocycles. The van der Waals surface area contributed by atoms with Crippen LogP contribution in [0.1, 0.15) is 29.8 Å². The quantitative estimate of drug-likeness (QED) is 0.934. The topological polar surface area (TPSA) is 43.8 Å². The Hall–Kier alpha value is -0.840. The molecule has 1 atom stereocenters. The maximum atomic E-state index is 6.33. The molecule has 0 fully saturated rings.